The van der Waals surface area contributed by atoms with Crippen LogP contribution in [0.25, 0.3) is 0 Å². The van der Waals surface area contributed by atoms with Crippen molar-refractivity contribution in [3.05, 3.63) is 53.3 Å². The minimum atomic E-state index is -0.179. The number of anilines is 2. The highest BCUT2D eigenvalue weighted by atomic mass is 16.1. The Bertz CT molecular complexity index is 573. The summed E-state index contributed by atoms with van der Waals surface area (Å²) >= 11 is 0. The zero-order chi connectivity index (χ0) is 13.1. The number of rotatable bonds is 2. The molecule has 0 fully saturated rings. The molecule has 0 bridgehead atoms. The second-order valence-corrected chi connectivity index (χ2v) is 4.22. The molecule has 0 saturated carbocycles. The monoisotopic (exact) mass is 241 g/mol. The normalized spacial score (nSPS) is 10.1. The molecular weight excluding hydrogens is 226 g/mol. The number of amides is 1. The molecule has 4 heteroatoms. The fourth-order valence-corrected chi connectivity index (χ4v) is 1.75. The molecule has 0 radical (unpaired) electrons. The van der Waals surface area contributed by atoms with Crippen LogP contribution < -0.4 is 11.1 Å². The largest absolute Gasteiger partial charge is 0.399 e. The van der Waals surface area contributed by atoms with Gasteiger partial charge in [0.25, 0.3) is 5.91 Å². The van der Waals surface area contributed by atoms with Crippen LogP contribution in [0.2, 0.25) is 0 Å². The first-order valence-electron chi connectivity index (χ1n) is 5.66. The van der Waals surface area contributed by atoms with Crippen LogP contribution in [-0.2, 0) is 0 Å². The zero-order valence-corrected chi connectivity index (χ0v) is 10.4. The van der Waals surface area contributed by atoms with Crippen LogP contribution in [0.15, 0.2) is 36.5 Å². The Labute approximate surface area is 106 Å². The molecular formula is C14H15N3O. The summed E-state index contributed by atoms with van der Waals surface area (Å²) in [5, 5.41) is 2.82. The summed E-state index contributed by atoms with van der Waals surface area (Å²) in [6.45, 7) is 3.75. The van der Waals surface area contributed by atoms with Crippen molar-refractivity contribution in [2.24, 2.45) is 0 Å². The van der Waals surface area contributed by atoms with Gasteiger partial charge in [-0.1, -0.05) is 0 Å². The molecule has 1 amide bonds. The molecule has 1 aromatic carbocycles. The maximum Gasteiger partial charge on any atom is 0.255 e. The third-order valence-corrected chi connectivity index (χ3v) is 2.62. The number of nitrogens with one attached hydrogen (secondary N) is 1. The fraction of sp³-hybridized carbons (Fsp3) is 0.143. The van der Waals surface area contributed by atoms with Crippen LogP contribution in [0.4, 0.5) is 11.4 Å². The van der Waals surface area contributed by atoms with Gasteiger partial charge in [-0.15, -0.1) is 0 Å². The van der Waals surface area contributed by atoms with E-state index in [-0.39, 0.29) is 5.91 Å². The lowest BCUT2D eigenvalue weighted by Gasteiger charge is -2.08. The van der Waals surface area contributed by atoms with E-state index in [0.29, 0.717) is 16.9 Å². The summed E-state index contributed by atoms with van der Waals surface area (Å²) < 4.78 is 0. The Balaban J connectivity index is 2.25. The average Bonchev–Trinajstić information content (AvgIpc) is 2.31. The maximum atomic E-state index is 12.1. The standard InChI is InChI=1S/C14H15N3O/c1-9-6-11(8-12(15)7-9)14(18)17-13-4-3-5-16-10(13)2/h3-8H,15H2,1-2H3,(H,17,18). The highest BCUT2D eigenvalue weighted by Gasteiger charge is 2.08. The topological polar surface area (TPSA) is 68.0 Å². The number of pyridine rings is 1. The van der Waals surface area contributed by atoms with Gasteiger partial charge < -0.3 is 11.1 Å². The molecule has 1 aromatic heterocycles. The van der Waals surface area contributed by atoms with E-state index in [4.69, 9.17) is 5.73 Å². The second-order valence-electron chi connectivity index (χ2n) is 4.22. The fourth-order valence-electron chi connectivity index (χ4n) is 1.75. The third-order valence-electron chi connectivity index (χ3n) is 2.62. The molecule has 0 atom stereocenters. The van der Waals surface area contributed by atoms with E-state index in [0.717, 1.165) is 11.3 Å². The van der Waals surface area contributed by atoms with Crippen LogP contribution in [0.5, 0.6) is 0 Å². The Kier molecular flexibility index (Phi) is 3.28. The Morgan fingerprint density at radius 3 is 2.72 bits per heavy atom. The van der Waals surface area contributed by atoms with Crippen molar-refractivity contribution in [2.75, 3.05) is 11.1 Å². The molecule has 18 heavy (non-hydrogen) atoms. The number of aryl methyl sites for hydroxylation is 2. The van der Waals surface area contributed by atoms with E-state index in [1.54, 1.807) is 24.4 Å². The van der Waals surface area contributed by atoms with Gasteiger partial charge in [0.15, 0.2) is 0 Å². The minimum absolute atomic E-state index is 0.179. The highest BCUT2D eigenvalue weighted by molar-refractivity contribution is 6.05. The molecule has 92 valence electrons. The number of nitrogen functional groups attached to an aromatic ring is 1. The molecule has 0 aliphatic carbocycles. The van der Waals surface area contributed by atoms with Gasteiger partial charge in [-0.25, -0.2) is 0 Å². The van der Waals surface area contributed by atoms with Crippen molar-refractivity contribution in [1.82, 2.24) is 4.98 Å². The first-order valence-corrected chi connectivity index (χ1v) is 5.66. The van der Waals surface area contributed by atoms with E-state index in [1.807, 2.05) is 26.0 Å². The zero-order valence-electron chi connectivity index (χ0n) is 10.4. The lowest BCUT2D eigenvalue weighted by molar-refractivity contribution is 0.102. The molecule has 0 unspecified atom stereocenters. The molecule has 0 saturated heterocycles. The molecule has 4 nitrogen and oxygen atoms in total. The molecule has 0 aliphatic rings. The Morgan fingerprint density at radius 1 is 1.28 bits per heavy atom. The van der Waals surface area contributed by atoms with E-state index in [1.165, 1.54) is 0 Å². The number of hydrogen-bond donors (Lipinski definition) is 2. The lowest BCUT2D eigenvalue weighted by atomic mass is 10.1. The first kappa shape index (κ1) is 12.1. The Hall–Kier alpha value is -2.36. The van der Waals surface area contributed by atoms with Crippen LogP contribution in [-0.4, -0.2) is 10.9 Å². The van der Waals surface area contributed by atoms with Gasteiger partial charge in [-0.05, 0) is 49.7 Å². The number of hydrogen-bond acceptors (Lipinski definition) is 3. The number of nitrogens with zero attached hydrogens (tertiary/aromatic N) is 1. The third kappa shape index (κ3) is 2.66. The van der Waals surface area contributed by atoms with E-state index >= 15 is 0 Å². The Morgan fingerprint density at radius 2 is 2.06 bits per heavy atom. The summed E-state index contributed by atoms with van der Waals surface area (Å²) in [6.07, 6.45) is 1.69. The maximum absolute atomic E-state index is 12.1. The van der Waals surface area contributed by atoms with Gasteiger partial charge in [-0.3, -0.25) is 9.78 Å². The van der Waals surface area contributed by atoms with Gasteiger partial charge in [0, 0.05) is 17.4 Å². The van der Waals surface area contributed by atoms with E-state index < -0.39 is 0 Å². The van der Waals surface area contributed by atoms with Crippen molar-refractivity contribution in [3.63, 3.8) is 0 Å². The van der Waals surface area contributed by atoms with Gasteiger partial charge in [0.2, 0.25) is 0 Å². The van der Waals surface area contributed by atoms with Crippen LogP contribution in [0, 0.1) is 13.8 Å². The summed E-state index contributed by atoms with van der Waals surface area (Å²) in [4.78, 5) is 16.2. The SMILES string of the molecule is Cc1cc(N)cc(C(=O)Nc2cccnc2C)c1. The summed E-state index contributed by atoms with van der Waals surface area (Å²) in [5.41, 5.74) is 9.32. The van der Waals surface area contributed by atoms with Crippen molar-refractivity contribution >= 4 is 17.3 Å². The quantitative estimate of drug-likeness (QED) is 0.794. The van der Waals surface area contributed by atoms with Crippen molar-refractivity contribution in [2.45, 2.75) is 13.8 Å². The van der Waals surface area contributed by atoms with Crippen LogP contribution in [0.1, 0.15) is 21.6 Å². The molecule has 2 aromatic rings. The number of carbonyl (C=O) groups is 1. The predicted octanol–water partition coefficient (Wildman–Crippen LogP) is 2.53. The molecule has 0 aliphatic heterocycles. The predicted molar refractivity (Wildman–Crippen MR) is 72.5 cm³/mol. The van der Waals surface area contributed by atoms with Gasteiger partial charge in [0.05, 0.1) is 11.4 Å². The van der Waals surface area contributed by atoms with E-state index in [2.05, 4.69) is 10.3 Å². The number of carbonyl (C=O) groups excluding carboxylic acids is 1. The van der Waals surface area contributed by atoms with Gasteiger partial charge in [-0.2, -0.15) is 0 Å². The van der Waals surface area contributed by atoms with Gasteiger partial charge in [0.1, 0.15) is 0 Å². The number of benzene rings is 1. The molecule has 3 N–H and O–H groups in total. The van der Waals surface area contributed by atoms with Crippen molar-refractivity contribution < 1.29 is 4.79 Å². The molecule has 0 spiro atoms. The lowest BCUT2D eigenvalue weighted by Crippen LogP contribution is -2.13. The van der Waals surface area contributed by atoms with E-state index in [9.17, 15) is 4.79 Å². The highest BCUT2D eigenvalue weighted by Crippen LogP contribution is 2.15. The van der Waals surface area contributed by atoms with Crippen molar-refractivity contribution in [3.8, 4) is 0 Å². The second kappa shape index (κ2) is 4.87. The minimum Gasteiger partial charge on any atom is -0.399 e. The number of aromatic nitrogens is 1. The smallest absolute Gasteiger partial charge is 0.255 e. The van der Waals surface area contributed by atoms with Crippen LogP contribution >= 0.6 is 0 Å². The summed E-state index contributed by atoms with van der Waals surface area (Å²) in [5.74, 6) is -0.179. The molecule has 2 rings (SSSR count). The summed E-state index contributed by atoms with van der Waals surface area (Å²) in [7, 11) is 0. The number of nitrogens with two attached hydrogens (primary N) is 1. The summed E-state index contributed by atoms with van der Waals surface area (Å²) in [6, 6.07) is 8.89. The first-order chi connectivity index (χ1) is 8.56. The molecule has 1 heterocycles. The average molecular weight is 241 g/mol. The van der Waals surface area contributed by atoms with Gasteiger partial charge >= 0.3 is 0 Å². The van der Waals surface area contributed by atoms with Crippen molar-refractivity contribution in [1.29, 1.82) is 0 Å². The van der Waals surface area contributed by atoms with Crippen LogP contribution in [0.3, 0.4) is 0 Å².